The van der Waals surface area contributed by atoms with E-state index in [4.69, 9.17) is 0 Å². The van der Waals surface area contributed by atoms with Crippen LogP contribution in [0.1, 0.15) is 33.1 Å². The lowest BCUT2D eigenvalue weighted by atomic mass is 9.97. The summed E-state index contributed by atoms with van der Waals surface area (Å²) in [5, 5.41) is 0. The van der Waals surface area contributed by atoms with Gasteiger partial charge < -0.3 is 4.90 Å². The topological polar surface area (TPSA) is 20.3 Å². The molecule has 4 heteroatoms. The quantitative estimate of drug-likeness (QED) is 0.672. The van der Waals surface area contributed by atoms with E-state index in [-0.39, 0.29) is 8.65 Å². The molecule has 2 aliphatic rings. The predicted octanol–water partition coefficient (Wildman–Crippen LogP) is 3.14. The highest BCUT2D eigenvalue weighted by Gasteiger charge is 2.67. The lowest BCUT2D eigenvalue weighted by molar-refractivity contribution is -0.137. The molecule has 2 rings (SSSR count). The maximum absolute atomic E-state index is 12.3. The van der Waals surface area contributed by atoms with Crippen LogP contribution in [0.25, 0.3) is 0 Å². The summed E-state index contributed by atoms with van der Waals surface area (Å²) in [4.78, 5) is 14.3. The number of carbonyl (C=O) groups excluding carboxylic acids is 1. The van der Waals surface area contributed by atoms with E-state index in [1.165, 1.54) is 0 Å². The monoisotopic (exact) mass is 337 g/mol. The Morgan fingerprint density at radius 2 is 1.80 bits per heavy atom. The molecule has 2 fully saturated rings. The van der Waals surface area contributed by atoms with Crippen LogP contribution < -0.4 is 0 Å². The van der Waals surface area contributed by atoms with E-state index in [0.717, 1.165) is 38.3 Å². The van der Waals surface area contributed by atoms with Gasteiger partial charge in [0.05, 0.1) is 8.65 Å². The third kappa shape index (κ3) is 1.99. The minimum atomic E-state index is -0.229. The molecule has 0 bridgehead atoms. The van der Waals surface area contributed by atoms with Crippen molar-refractivity contribution < 1.29 is 4.79 Å². The third-order valence-corrected chi connectivity index (χ3v) is 6.11. The number of hydrogen-bond acceptors (Lipinski definition) is 1. The molecule has 1 saturated carbocycles. The van der Waals surface area contributed by atoms with Crippen LogP contribution in [-0.2, 0) is 4.79 Å². The molecule has 0 aromatic rings. The summed E-state index contributed by atoms with van der Waals surface area (Å²) in [6, 6.07) is 0. The van der Waals surface area contributed by atoms with Crippen molar-refractivity contribution in [1.29, 1.82) is 0 Å². The second-order valence-corrected chi connectivity index (χ2v) is 8.96. The van der Waals surface area contributed by atoms with Crippen molar-refractivity contribution in [2.45, 2.75) is 36.3 Å². The van der Waals surface area contributed by atoms with Crippen molar-refractivity contribution in [3.8, 4) is 0 Å². The fourth-order valence-corrected chi connectivity index (χ4v) is 3.65. The average Bonchev–Trinajstić information content (AvgIpc) is 2.67. The molecule has 1 aliphatic heterocycles. The van der Waals surface area contributed by atoms with Gasteiger partial charge in [-0.05, 0) is 32.1 Å². The molecule has 1 saturated heterocycles. The minimum absolute atomic E-state index is 0.146. The Kier molecular flexibility index (Phi) is 2.96. The van der Waals surface area contributed by atoms with Gasteiger partial charge in [-0.3, -0.25) is 4.79 Å². The van der Waals surface area contributed by atoms with E-state index in [1.807, 2.05) is 11.8 Å². The molecule has 2 nitrogen and oxygen atoms in total. The summed E-state index contributed by atoms with van der Waals surface area (Å²) < 4.78 is -0.146. The minimum Gasteiger partial charge on any atom is -0.342 e. The van der Waals surface area contributed by atoms with Gasteiger partial charge in [0.15, 0.2) is 0 Å². The van der Waals surface area contributed by atoms with Gasteiger partial charge in [0.25, 0.3) is 0 Å². The summed E-state index contributed by atoms with van der Waals surface area (Å²) in [6.45, 7) is 6.17. The SMILES string of the molecule is CC1CCN(C(=O)[C@]2(C)CC2(Br)Br)CC1. The summed E-state index contributed by atoms with van der Waals surface area (Å²) in [5.74, 6) is 1.09. The fourth-order valence-electron chi connectivity index (χ4n) is 2.19. The highest BCUT2D eigenvalue weighted by molar-refractivity contribution is 9.25. The first-order chi connectivity index (χ1) is 6.87. The maximum Gasteiger partial charge on any atom is 0.230 e. The molecular formula is C11H17Br2NO. The first kappa shape index (κ1) is 11.9. The van der Waals surface area contributed by atoms with Crippen LogP contribution in [0.3, 0.4) is 0 Å². The molecule has 1 atom stereocenters. The number of alkyl halides is 2. The number of nitrogens with zero attached hydrogens (tertiary/aromatic N) is 1. The number of rotatable bonds is 1. The number of hydrogen-bond donors (Lipinski definition) is 0. The molecule has 0 aromatic carbocycles. The molecule has 0 N–H and O–H groups in total. The van der Waals surface area contributed by atoms with Crippen LogP contribution >= 0.6 is 31.9 Å². The summed E-state index contributed by atoms with van der Waals surface area (Å²) in [7, 11) is 0. The van der Waals surface area contributed by atoms with E-state index in [1.54, 1.807) is 0 Å². The van der Waals surface area contributed by atoms with Gasteiger partial charge >= 0.3 is 0 Å². The Labute approximate surface area is 108 Å². The van der Waals surface area contributed by atoms with Gasteiger partial charge in [-0.15, -0.1) is 0 Å². The Balaban J connectivity index is 1.98. The van der Waals surface area contributed by atoms with Gasteiger partial charge in [-0.25, -0.2) is 0 Å². The smallest absolute Gasteiger partial charge is 0.230 e. The molecule has 15 heavy (non-hydrogen) atoms. The second-order valence-electron chi connectivity index (χ2n) is 5.19. The number of halogens is 2. The van der Waals surface area contributed by atoms with E-state index in [9.17, 15) is 4.79 Å². The van der Waals surface area contributed by atoms with Gasteiger partial charge in [0, 0.05) is 13.1 Å². The molecule has 0 aromatic heterocycles. The molecule has 1 aliphatic carbocycles. The fraction of sp³-hybridized carbons (Fsp3) is 0.909. The number of carbonyl (C=O) groups is 1. The molecule has 1 heterocycles. The highest BCUT2D eigenvalue weighted by Crippen LogP contribution is 2.67. The van der Waals surface area contributed by atoms with Crippen molar-refractivity contribution >= 4 is 37.8 Å². The predicted molar refractivity (Wildman–Crippen MR) is 68.3 cm³/mol. The number of piperidine rings is 1. The van der Waals surface area contributed by atoms with E-state index in [0.29, 0.717) is 5.91 Å². The van der Waals surface area contributed by atoms with E-state index < -0.39 is 0 Å². The Morgan fingerprint density at radius 1 is 1.33 bits per heavy atom. The zero-order chi connectivity index (χ0) is 11.3. The number of likely N-dealkylation sites (tertiary alicyclic amines) is 1. The third-order valence-electron chi connectivity index (χ3n) is 3.80. The van der Waals surface area contributed by atoms with Gasteiger partial charge in [-0.1, -0.05) is 38.8 Å². The zero-order valence-corrected chi connectivity index (χ0v) is 12.4. The largest absolute Gasteiger partial charge is 0.342 e. The van der Waals surface area contributed by atoms with E-state index >= 15 is 0 Å². The first-order valence-corrected chi connectivity index (χ1v) is 7.13. The Bertz CT molecular complexity index is 284. The van der Waals surface area contributed by atoms with Crippen LogP contribution in [0.2, 0.25) is 0 Å². The highest BCUT2D eigenvalue weighted by atomic mass is 79.9. The first-order valence-electron chi connectivity index (χ1n) is 5.54. The Morgan fingerprint density at radius 3 is 2.20 bits per heavy atom. The van der Waals surface area contributed by atoms with Crippen LogP contribution in [0.5, 0.6) is 0 Å². The number of amides is 1. The molecule has 0 spiro atoms. The van der Waals surface area contributed by atoms with Crippen molar-refractivity contribution in [3.05, 3.63) is 0 Å². The standard InChI is InChI=1S/C11H17Br2NO/c1-8-3-5-14(6-4-8)9(15)10(2)7-11(10,12)13/h8H,3-7H2,1-2H3/t10-/m0/s1. The van der Waals surface area contributed by atoms with Crippen LogP contribution in [0.15, 0.2) is 0 Å². The lowest BCUT2D eigenvalue weighted by Gasteiger charge is -2.32. The molecule has 1 amide bonds. The van der Waals surface area contributed by atoms with Crippen molar-refractivity contribution in [3.63, 3.8) is 0 Å². The van der Waals surface area contributed by atoms with Crippen molar-refractivity contribution in [1.82, 2.24) is 4.90 Å². The Hall–Kier alpha value is 0.430. The van der Waals surface area contributed by atoms with Crippen LogP contribution in [-0.4, -0.2) is 27.1 Å². The zero-order valence-electron chi connectivity index (χ0n) is 9.22. The average molecular weight is 339 g/mol. The van der Waals surface area contributed by atoms with Gasteiger partial charge in [-0.2, -0.15) is 0 Å². The molecule has 0 radical (unpaired) electrons. The van der Waals surface area contributed by atoms with Crippen LogP contribution in [0.4, 0.5) is 0 Å². The van der Waals surface area contributed by atoms with E-state index in [2.05, 4.69) is 38.8 Å². The molecule has 86 valence electrons. The second kappa shape index (κ2) is 3.73. The van der Waals surface area contributed by atoms with Crippen LogP contribution in [0, 0.1) is 11.3 Å². The normalized spacial score (nSPS) is 35.3. The lowest BCUT2D eigenvalue weighted by Crippen LogP contribution is -2.42. The molecular weight excluding hydrogens is 322 g/mol. The van der Waals surface area contributed by atoms with Gasteiger partial charge in [0.1, 0.15) is 0 Å². The van der Waals surface area contributed by atoms with Crippen molar-refractivity contribution in [2.75, 3.05) is 13.1 Å². The summed E-state index contributed by atoms with van der Waals surface area (Å²) in [5.41, 5.74) is -0.229. The van der Waals surface area contributed by atoms with Crippen molar-refractivity contribution in [2.24, 2.45) is 11.3 Å². The molecule has 0 unspecified atom stereocenters. The maximum atomic E-state index is 12.3. The summed E-state index contributed by atoms with van der Waals surface area (Å²) in [6.07, 6.45) is 3.20. The summed E-state index contributed by atoms with van der Waals surface area (Å²) >= 11 is 7.11. The van der Waals surface area contributed by atoms with Gasteiger partial charge in [0.2, 0.25) is 5.91 Å².